The number of pyridine rings is 1. The molecule has 0 atom stereocenters. The Labute approximate surface area is 151 Å². The van der Waals surface area contributed by atoms with Gasteiger partial charge in [0.2, 0.25) is 0 Å². The van der Waals surface area contributed by atoms with Crippen molar-refractivity contribution in [3.8, 4) is 17.0 Å². The largest absolute Gasteiger partial charge is 0.506 e. The molecule has 0 radical (unpaired) electrons. The standard InChI is InChI=1S/C21H18N4O/c1-14-8-10-18(26)17(12-14)23-24-21-20(16-6-4-3-5-7-16)22-19-11-9-15(2)13-25(19)21/h3-13,26H,1-2H3. The van der Waals surface area contributed by atoms with Crippen LogP contribution in [0.15, 0.2) is 77.1 Å². The lowest BCUT2D eigenvalue weighted by Crippen LogP contribution is -1.85. The topological polar surface area (TPSA) is 62.2 Å². The molecular formula is C21H18N4O. The molecule has 0 bridgehead atoms. The maximum Gasteiger partial charge on any atom is 0.187 e. The Morgan fingerprint density at radius 3 is 2.46 bits per heavy atom. The van der Waals surface area contributed by atoms with E-state index in [1.54, 1.807) is 12.1 Å². The molecule has 0 saturated carbocycles. The van der Waals surface area contributed by atoms with Gasteiger partial charge in [0.05, 0.1) is 0 Å². The molecular weight excluding hydrogens is 324 g/mol. The highest BCUT2D eigenvalue weighted by Crippen LogP contribution is 2.34. The summed E-state index contributed by atoms with van der Waals surface area (Å²) in [4.78, 5) is 4.72. The molecule has 4 rings (SSSR count). The van der Waals surface area contributed by atoms with E-state index in [-0.39, 0.29) is 5.75 Å². The summed E-state index contributed by atoms with van der Waals surface area (Å²) < 4.78 is 1.92. The zero-order valence-electron chi connectivity index (χ0n) is 14.6. The van der Waals surface area contributed by atoms with Gasteiger partial charge in [-0.15, -0.1) is 10.2 Å². The third kappa shape index (κ3) is 2.95. The molecule has 2 aromatic carbocycles. The minimum Gasteiger partial charge on any atom is -0.506 e. The maximum absolute atomic E-state index is 10.0. The number of benzene rings is 2. The van der Waals surface area contributed by atoms with Crippen molar-refractivity contribution < 1.29 is 5.11 Å². The average Bonchev–Trinajstić information content (AvgIpc) is 3.01. The van der Waals surface area contributed by atoms with E-state index in [0.717, 1.165) is 28.0 Å². The summed E-state index contributed by atoms with van der Waals surface area (Å²) in [6.07, 6.45) is 1.99. The van der Waals surface area contributed by atoms with Gasteiger partial charge in [0, 0.05) is 11.8 Å². The van der Waals surface area contributed by atoms with E-state index in [1.165, 1.54) is 0 Å². The van der Waals surface area contributed by atoms with Gasteiger partial charge in [-0.25, -0.2) is 4.98 Å². The average molecular weight is 342 g/mol. The third-order valence-electron chi connectivity index (χ3n) is 4.17. The van der Waals surface area contributed by atoms with Crippen LogP contribution in [0.2, 0.25) is 0 Å². The van der Waals surface area contributed by atoms with Gasteiger partial charge in [-0.2, -0.15) is 0 Å². The van der Waals surface area contributed by atoms with E-state index in [9.17, 15) is 5.11 Å². The molecule has 2 heterocycles. The summed E-state index contributed by atoms with van der Waals surface area (Å²) >= 11 is 0. The number of phenols is 1. The number of rotatable bonds is 3. The summed E-state index contributed by atoms with van der Waals surface area (Å²) in [6.45, 7) is 3.97. The lowest BCUT2D eigenvalue weighted by Gasteiger charge is -2.02. The van der Waals surface area contributed by atoms with Gasteiger partial charge in [0.15, 0.2) is 5.82 Å². The highest BCUT2D eigenvalue weighted by atomic mass is 16.3. The molecule has 5 nitrogen and oxygen atoms in total. The van der Waals surface area contributed by atoms with Gasteiger partial charge < -0.3 is 5.11 Å². The number of hydrogen-bond donors (Lipinski definition) is 1. The van der Waals surface area contributed by atoms with Crippen LogP contribution in [0.3, 0.4) is 0 Å². The molecule has 1 N–H and O–H groups in total. The minimum atomic E-state index is 0.102. The number of aromatic hydroxyl groups is 1. The number of hydrogen-bond acceptors (Lipinski definition) is 4. The molecule has 2 aromatic heterocycles. The number of phenolic OH excluding ortho intramolecular Hbond substituents is 1. The van der Waals surface area contributed by atoms with Crippen molar-refractivity contribution in [3.05, 3.63) is 78.0 Å². The number of azo groups is 1. The van der Waals surface area contributed by atoms with Crippen LogP contribution in [-0.2, 0) is 0 Å². The van der Waals surface area contributed by atoms with Crippen LogP contribution in [0.1, 0.15) is 11.1 Å². The molecule has 0 saturated heterocycles. The normalized spacial score (nSPS) is 11.5. The third-order valence-corrected chi connectivity index (χ3v) is 4.17. The van der Waals surface area contributed by atoms with E-state index in [4.69, 9.17) is 4.98 Å². The van der Waals surface area contributed by atoms with Gasteiger partial charge in [-0.1, -0.05) is 42.5 Å². The fourth-order valence-electron chi connectivity index (χ4n) is 2.84. The fraction of sp³-hybridized carbons (Fsp3) is 0.0952. The zero-order valence-corrected chi connectivity index (χ0v) is 14.6. The summed E-state index contributed by atoms with van der Waals surface area (Å²) in [5.74, 6) is 0.737. The lowest BCUT2D eigenvalue weighted by atomic mass is 10.1. The summed E-state index contributed by atoms with van der Waals surface area (Å²) in [5, 5.41) is 18.8. The first-order valence-electron chi connectivity index (χ1n) is 8.37. The van der Waals surface area contributed by atoms with E-state index in [2.05, 4.69) is 10.2 Å². The molecule has 128 valence electrons. The number of aryl methyl sites for hydroxylation is 2. The van der Waals surface area contributed by atoms with Crippen molar-refractivity contribution in [1.82, 2.24) is 9.38 Å². The summed E-state index contributed by atoms with van der Waals surface area (Å²) in [6, 6.07) is 19.1. The molecule has 0 aliphatic rings. The quantitative estimate of drug-likeness (QED) is 0.483. The van der Waals surface area contributed by atoms with Gasteiger partial charge in [-0.05, 0) is 43.2 Å². The van der Waals surface area contributed by atoms with Gasteiger partial charge in [-0.3, -0.25) is 4.40 Å². The highest BCUT2D eigenvalue weighted by molar-refractivity contribution is 5.74. The van der Waals surface area contributed by atoms with Crippen molar-refractivity contribution in [2.45, 2.75) is 13.8 Å². The van der Waals surface area contributed by atoms with Crippen molar-refractivity contribution in [3.63, 3.8) is 0 Å². The van der Waals surface area contributed by atoms with Crippen molar-refractivity contribution in [2.75, 3.05) is 0 Å². The number of imidazole rings is 1. The van der Waals surface area contributed by atoms with Crippen LogP contribution in [0.4, 0.5) is 11.5 Å². The minimum absolute atomic E-state index is 0.102. The monoisotopic (exact) mass is 342 g/mol. The first-order chi connectivity index (χ1) is 12.6. The molecule has 0 fully saturated rings. The molecule has 0 aliphatic carbocycles. The number of nitrogens with zero attached hydrogens (tertiary/aromatic N) is 4. The van der Waals surface area contributed by atoms with Crippen LogP contribution in [0.5, 0.6) is 5.75 Å². The van der Waals surface area contributed by atoms with Crippen molar-refractivity contribution in [1.29, 1.82) is 0 Å². The Morgan fingerprint density at radius 1 is 0.885 bits per heavy atom. The van der Waals surface area contributed by atoms with E-state index in [1.807, 2.05) is 73.0 Å². The SMILES string of the molecule is Cc1ccc(O)c(N=Nc2c(-c3ccccc3)nc3ccc(C)cn23)c1. The Balaban J connectivity index is 1.91. The molecule has 4 aromatic rings. The smallest absolute Gasteiger partial charge is 0.187 e. The lowest BCUT2D eigenvalue weighted by molar-refractivity contribution is 0.476. The van der Waals surface area contributed by atoms with Gasteiger partial charge in [0.1, 0.15) is 22.8 Å². The second kappa shape index (κ2) is 6.44. The predicted molar refractivity (Wildman–Crippen MR) is 102 cm³/mol. The highest BCUT2D eigenvalue weighted by Gasteiger charge is 2.14. The van der Waals surface area contributed by atoms with Crippen LogP contribution in [0.25, 0.3) is 16.9 Å². The molecule has 0 aliphatic heterocycles. The Bertz CT molecular complexity index is 1110. The summed E-state index contributed by atoms with van der Waals surface area (Å²) in [5.41, 5.74) is 5.07. The maximum atomic E-state index is 10.0. The second-order valence-corrected chi connectivity index (χ2v) is 6.28. The Hall–Kier alpha value is -3.47. The summed E-state index contributed by atoms with van der Waals surface area (Å²) in [7, 11) is 0. The molecule has 0 amide bonds. The molecule has 0 unspecified atom stereocenters. The van der Waals surface area contributed by atoms with E-state index in [0.29, 0.717) is 11.5 Å². The zero-order chi connectivity index (χ0) is 18.1. The van der Waals surface area contributed by atoms with Crippen LogP contribution in [0, 0.1) is 13.8 Å². The first kappa shape index (κ1) is 16.0. The predicted octanol–water partition coefficient (Wildman–Crippen LogP) is 5.74. The fourth-order valence-corrected chi connectivity index (χ4v) is 2.84. The van der Waals surface area contributed by atoms with Gasteiger partial charge in [0.25, 0.3) is 0 Å². The van der Waals surface area contributed by atoms with Crippen molar-refractivity contribution >= 4 is 17.2 Å². The van der Waals surface area contributed by atoms with E-state index >= 15 is 0 Å². The molecule has 26 heavy (non-hydrogen) atoms. The van der Waals surface area contributed by atoms with Crippen LogP contribution < -0.4 is 0 Å². The van der Waals surface area contributed by atoms with Crippen molar-refractivity contribution in [2.24, 2.45) is 10.2 Å². The number of fused-ring (bicyclic) bond motifs is 1. The molecule has 5 heteroatoms. The van der Waals surface area contributed by atoms with Crippen LogP contribution in [-0.4, -0.2) is 14.5 Å². The molecule has 0 spiro atoms. The second-order valence-electron chi connectivity index (χ2n) is 6.28. The first-order valence-corrected chi connectivity index (χ1v) is 8.37. The van der Waals surface area contributed by atoms with E-state index < -0.39 is 0 Å². The Morgan fingerprint density at radius 2 is 1.65 bits per heavy atom. The van der Waals surface area contributed by atoms with Gasteiger partial charge >= 0.3 is 0 Å². The van der Waals surface area contributed by atoms with Crippen LogP contribution >= 0.6 is 0 Å². The number of aromatic nitrogens is 2. The Kier molecular flexibility index (Phi) is 3.97.